The molecule has 10 heavy (non-hydrogen) atoms. The number of hydrogen-bond donors (Lipinski definition) is 1. The molecule has 1 amide bonds. The van der Waals surface area contributed by atoms with E-state index in [1.165, 1.54) is 0 Å². The Morgan fingerprint density at radius 3 is 2.90 bits per heavy atom. The highest BCUT2D eigenvalue weighted by molar-refractivity contribution is 5.76. The van der Waals surface area contributed by atoms with Crippen LogP contribution in [0.5, 0.6) is 0 Å². The zero-order valence-corrected chi connectivity index (χ0v) is 6.21. The van der Waals surface area contributed by atoms with Gasteiger partial charge in [-0.25, -0.2) is 0 Å². The molecule has 57 valence electrons. The molecule has 1 fully saturated rings. The molecule has 3 heteroatoms. The quantitative estimate of drug-likeness (QED) is 0.557. The van der Waals surface area contributed by atoms with E-state index in [0.717, 1.165) is 19.4 Å². The van der Waals surface area contributed by atoms with Crippen LogP contribution in [-0.4, -0.2) is 24.4 Å². The number of likely N-dealkylation sites (tertiary alicyclic amines) is 1. The summed E-state index contributed by atoms with van der Waals surface area (Å²) in [5.74, 6) is -0.0828. The van der Waals surface area contributed by atoms with Gasteiger partial charge in [-0.2, -0.15) is 0 Å². The first kappa shape index (κ1) is 7.54. The molecule has 1 unspecified atom stereocenters. The van der Waals surface area contributed by atoms with Crippen molar-refractivity contribution < 1.29 is 4.79 Å². The monoisotopic (exact) mass is 141 g/mol. The zero-order chi connectivity index (χ0) is 7.56. The Balaban J connectivity index is 2.33. The Morgan fingerprint density at radius 2 is 2.50 bits per heavy atom. The molecule has 0 aromatic heterocycles. The topological polar surface area (TPSA) is 46.3 Å². The lowest BCUT2D eigenvalue weighted by Gasteiger charge is -2.26. The predicted molar refractivity (Wildman–Crippen MR) is 38.8 cm³/mol. The first-order valence-electron chi connectivity index (χ1n) is 3.53. The van der Waals surface area contributed by atoms with Crippen LogP contribution >= 0.6 is 0 Å². The minimum absolute atomic E-state index is 0.0798. The molecular formula is C7H13N2O. The normalized spacial score (nSPS) is 22.9. The van der Waals surface area contributed by atoms with Gasteiger partial charge >= 0.3 is 0 Å². The zero-order valence-electron chi connectivity index (χ0n) is 6.21. The minimum atomic E-state index is -0.163. The molecule has 0 bridgehead atoms. The second kappa shape index (κ2) is 3.01. The van der Waals surface area contributed by atoms with E-state index in [1.54, 1.807) is 0 Å². The van der Waals surface area contributed by atoms with E-state index in [1.807, 2.05) is 13.6 Å². The average molecular weight is 141 g/mol. The maximum atomic E-state index is 10.6. The number of nitrogens with two attached hydrogens (primary N) is 1. The van der Waals surface area contributed by atoms with Crippen molar-refractivity contribution in [1.82, 2.24) is 4.90 Å². The fourth-order valence-corrected chi connectivity index (χ4v) is 1.13. The average Bonchev–Trinajstić information content (AvgIpc) is 1.88. The Morgan fingerprint density at radius 1 is 1.80 bits per heavy atom. The van der Waals surface area contributed by atoms with Gasteiger partial charge < -0.3 is 10.6 Å². The molecule has 0 aromatic carbocycles. The van der Waals surface area contributed by atoms with E-state index in [0.29, 0.717) is 0 Å². The highest BCUT2D eigenvalue weighted by Crippen LogP contribution is 2.17. The maximum Gasteiger partial charge on any atom is 0.220 e. The number of rotatable bonds is 1. The van der Waals surface area contributed by atoms with Gasteiger partial charge in [0.25, 0.3) is 0 Å². The number of piperidine rings is 1. The second-order valence-electron chi connectivity index (χ2n) is 2.79. The molecule has 1 atom stereocenters. The number of carbonyl (C=O) groups is 1. The SMILES string of the molecule is CN1[CH]CC(C(N)=O)CC1. The van der Waals surface area contributed by atoms with Gasteiger partial charge in [-0.05, 0) is 26.4 Å². The van der Waals surface area contributed by atoms with E-state index in [-0.39, 0.29) is 11.8 Å². The summed E-state index contributed by atoms with van der Waals surface area (Å²) in [7, 11) is 2.01. The Bertz CT molecular complexity index is 128. The number of carbonyl (C=O) groups excluding carboxylic acids is 1. The molecule has 3 nitrogen and oxygen atoms in total. The van der Waals surface area contributed by atoms with Crippen molar-refractivity contribution in [1.29, 1.82) is 0 Å². The lowest BCUT2D eigenvalue weighted by Crippen LogP contribution is -2.33. The van der Waals surface area contributed by atoms with Gasteiger partial charge in [0, 0.05) is 12.5 Å². The van der Waals surface area contributed by atoms with E-state index in [9.17, 15) is 4.79 Å². The summed E-state index contributed by atoms with van der Waals surface area (Å²) in [5.41, 5.74) is 5.14. The van der Waals surface area contributed by atoms with Crippen molar-refractivity contribution in [2.45, 2.75) is 12.8 Å². The molecule has 0 aromatic rings. The smallest absolute Gasteiger partial charge is 0.220 e. The highest BCUT2D eigenvalue weighted by atomic mass is 16.1. The molecule has 2 N–H and O–H groups in total. The number of amides is 1. The summed E-state index contributed by atoms with van der Waals surface area (Å²) in [5, 5.41) is 0. The van der Waals surface area contributed by atoms with Crippen LogP contribution in [0.2, 0.25) is 0 Å². The van der Waals surface area contributed by atoms with Gasteiger partial charge in [0.15, 0.2) is 0 Å². The van der Waals surface area contributed by atoms with E-state index in [2.05, 4.69) is 4.90 Å². The van der Waals surface area contributed by atoms with E-state index < -0.39 is 0 Å². The molecule has 1 heterocycles. The number of nitrogens with zero attached hydrogens (tertiary/aromatic N) is 1. The van der Waals surface area contributed by atoms with E-state index in [4.69, 9.17) is 5.73 Å². The lowest BCUT2D eigenvalue weighted by atomic mass is 9.97. The summed E-state index contributed by atoms with van der Waals surface area (Å²) in [6.07, 6.45) is 1.72. The van der Waals surface area contributed by atoms with Crippen molar-refractivity contribution in [3.8, 4) is 0 Å². The molecule has 0 aliphatic carbocycles. The van der Waals surface area contributed by atoms with Gasteiger partial charge in [-0.1, -0.05) is 0 Å². The van der Waals surface area contributed by atoms with Crippen molar-refractivity contribution in [3.63, 3.8) is 0 Å². The maximum absolute atomic E-state index is 10.6. The summed E-state index contributed by atoms with van der Waals surface area (Å²) in [6, 6.07) is 0. The van der Waals surface area contributed by atoms with Crippen LogP contribution in [0.25, 0.3) is 0 Å². The van der Waals surface area contributed by atoms with Crippen LogP contribution in [0, 0.1) is 12.5 Å². The lowest BCUT2D eigenvalue weighted by molar-refractivity contribution is -0.122. The third-order valence-corrected chi connectivity index (χ3v) is 1.93. The van der Waals surface area contributed by atoms with Gasteiger partial charge in [-0.3, -0.25) is 4.79 Å². The van der Waals surface area contributed by atoms with Crippen LogP contribution in [-0.2, 0) is 4.79 Å². The molecular weight excluding hydrogens is 128 g/mol. The Hall–Kier alpha value is -0.570. The van der Waals surface area contributed by atoms with Crippen molar-refractivity contribution in [2.24, 2.45) is 11.7 Å². The minimum Gasteiger partial charge on any atom is -0.369 e. The van der Waals surface area contributed by atoms with Crippen LogP contribution < -0.4 is 5.73 Å². The van der Waals surface area contributed by atoms with Crippen LogP contribution in [0.4, 0.5) is 0 Å². The third kappa shape index (κ3) is 1.70. The number of hydrogen-bond acceptors (Lipinski definition) is 2. The molecule has 1 radical (unpaired) electrons. The second-order valence-corrected chi connectivity index (χ2v) is 2.79. The van der Waals surface area contributed by atoms with Crippen LogP contribution in [0.1, 0.15) is 12.8 Å². The van der Waals surface area contributed by atoms with Crippen molar-refractivity contribution in [2.75, 3.05) is 13.6 Å². The van der Waals surface area contributed by atoms with Gasteiger partial charge in [0.1, 0.15) is 0 Å². The molecule has 1 aliphatic rings. The largest absolute Gasteiger partial charge is 0.369 e. The molecule has 1 rings (SSSR count). The summed E-state index contributed by atoms with van der Waals surface area (Å²) in [6.45, 7) is 2.98. The van der Waals surface area contributed by atoms with Gasteiger partial charge in [0.2, 0.25) is 5.91 Å². The van der Waals surface area contributed by atoms with Gasteiger partial charge in [0.05, 0.1) is 0 Å². The van der Waals surface area contributed by atoms with E-state index >= 15 is 0 Å². The summed E-state index contributed by atoms with van der Waals surface area (Å²) >= 11 is 0. The highest BCUT2D eigenvalue weighted by Gasteiger charge is 2.20. The molecule has 0 spiro atoms. The van der Waals surface area contributed by atoms with Gasteiger partial charge in [-0.15, -0.1) is 0 Å². The third-order valence-electron chi connectivity index (χ3n) is 1.93. The summed E-state index contributed by atoms with van der Waals surface area (Å²) < 4.78 is 0. The summed E-state index contributed by atoms with van der Waals surface area (Å²) in [4.78, 5) is 12.7. The fraction of sp³-hybridized carbons (Fsp3) is 0.714. The number of primary amides is 1. The van der Waals surface area contributed by atoms with Crippen molar-refractivity contribution >= 4 is 5.91 Å². The standard InChI is InChI=1S/C7H13N2O/c1-9-4-2-6(3-5-9)7(8)10/h4,6H,2-3,5H2,1H3,(H2,8,10). The van der Waals surface area contributed by atoms with Crippen LogP contribution in [0.15, 0.2) is 0 Å². The van der Waals surface area contributed by atoms with Crippen LogP contribution in [0.3, 0.4) is 0 Å². The fourth-order valence-electron chi connectivity index (χ4n) is 1.13. The van der Waals surface area contributed by atoms with Crippen molar-refractivity contribution in [3.05, 3.63) is 6.54 Å². The molecule has 1 saturated heterocycles. The predicted octanol–water partition coefficient (Wildman–Crippen LogP) is -0.0247. The Kier molecular flexibility index (Phi) is 2.27. The molecule has 1 aliphatic heterocycles. The first-order chi connectivity index (χ1) is 4.70. The molecule has 0 saturated carbocycles. The Labute approximate surface area is 61.2 Å². The first-order valence-corrected chi connectivity index (χ1v) is 3.53.